The average molecular weight is 486 g/mol. The van der Waals surface area contributed by atoms with Crippen LogP contribution in [0.4, 0.5) is 8.78 Å². The van der Waals surface area contributed by atoms with Crippen molar-refractivity contribution in [2.45, 2.75) is 31.9 Å². The van der Waals surface area contributed by atoms with E-state index in [4.69, 9.17) is 16.3 Å². The Bertz CT molecular complexity index is 1230. The van der Waals surface area contributed by atoms with Crippen LogP contribution < -0.4 is 4.74 Å². The molecule has 0 aliphatic carbocycles. The standard InChI is InChI=1S/C26H22ClF2NO4/c1-26(12-16-5-8-19(28)9-6-16)13-18-11-17(7-10-23(18)34-26)25(33)30(15-24(31)32)14-20-21(27)3-2-4-22(20)29/h2-11H,12-15H2,1H3,(H,31,32)/t26-/m1/s1. The van der Waals surface area contributed by atoms with Gasteiger partial charge in [0.1, 0.15) is 29.5 Å². The lowest BCUT2D eigenvalue weighted by molar-refractivity contribution is -0.137. The average Bonchev–Trinajstić information content (AvgIpc) is 3.11. The number of rotatable bonds is 7. The van der Waals surface area contributed by atoms with Crippen LogP contribution in [0.25, 0.3) is 0 Å². The smallest absolute Gasteiger partial charge is 0.323 e. The summed E-state index contributed by atoms with van der Waals surface area (Å²) < 4.78 is 33.6. The maximum Gasteiger partial charge on any atom is 0.323 e. The van der Waals surface area contributed by atoms with Crippen LogP contribution in [0.3, 0.4) is 0 Å². The third-order valence-electron chi connectivity index (χ3n) is 5.74. The van der Waals surface area contributed by atoms with Crippen LogP contribution in [0.15, 0.2) is 60.7 Å². The Balaban J connectivity index is 1.55. The van der Waals surface area contributed by atoms with Gasteiger partial charge >= 0.3 is 5.97 Å². The predicted octanol–water partition coefficient (Wildman–Crippen LogP) is 5.28. The Kier molecular flexibility index (Phi) is 6.57. The summed E-state index contributed by atoms with van der Waals surface area (Å²) in [6, 6.07) is 15.2. The molecule has 4 rings (SSSR count). The molecule has 3 aromatic carbocycles. The van der Waals surface area contributed by atoms with E-state index in [-0.39, 0.29) is 28.5 Å². The first kappa shape index (κ1) is 23.7. The fourth-order valence-electron chi connectivity index (χ4n) is 4.21. The molecule has 0 fully saturated rings. The van der Waals surface area contributed by atoms with Gasteiger partial charge in [0.25, 0.3) is 5.91 Å². The van der Waals surface area contributed by atoms with Gasteiger partial charge in [-0.15, -0.1) is 0 Å². The summed E-state index contributed by atoms with van der Waals surface area (Å²) >= 11 is 6.08. The number of benzene rings is 3. The van der Waals surface area contributed by atoms with E-state index >= 15 is 0 Å². The molecule has 8 heteroatoms. The maximum atomic E-state index is 14.3. The van der Waals surface area contributed by atoms with Crippen molar-refractivity contribution in [1.29, 1.82) is 0 Å². The molecule has 0 saturated heterocycles. The number of carbonyl (C=O) groups is 2. The Morgan fingerprint density at radius 3 is 2.53 bits per heavy atom. The number of nitrogens with zero attached hydrogens (tertiary/aromatic N) is 1. The number of hydrogen-bond donors (Lipinski definition) is 1. The van der Waals surface area contributed by atoms with Gasteiger partial charge in [0.2, 0.25) is 0 Å². The number of carboxylic acids is 1. The van der Waals surface area contributed by atoms with E-state index < -0.39 is 29.8 Å². The Morgan fingerprint density at radius 2 is 1.85 bits per heavy atom. The van der Waals surface area contributed by atoms with Gasteiger partial charge in [-0.05, 0) is 60.5 Å². The molecule has 0 unspecified atom stereocenters. The van der Waals surface area contributed by atoms with E-state index in [0.717, 1.165) is 16.0 Å². The molecule has 34 heavy (non-hydrogen) atoms. The molecule has 176 valence electrons. The van der Waals surface area contributed by atoms with Crippen molar-refractivity contribution in [3.8, 4) is 5.75 Å². The summed E-state index contributed by atoms with van der Waals surface area (Å²) in [4.78, 5) is 25.7. The summed E-state index contributed by atoms with van der Waals surface area (Å²) in [5.41, 5.74) is 1.46. The highest BCUT2D eigenvalue weighted by Crippen LogP contribution is 2.37. The summed E-state index contributed by atoms with van der Waals surface area (Å²) in [5.74, 6) is -2.08. The molecule has 1 aliphatic rings. The fourth-order valence-corrected chi connectivity index (χ4v) is 4.43. The SMILES string of the molecule is C[C@@]1(Cc2ccc(F)cc2)Cc2cc(C(=O)N(CC(=O)O)Cc3c(F)cccc3Cl)ccc2O1. The van der Waals surface area contributed by atoms with Crippen LogP contribution in [-0.2, 0) is 24.2 Å². The van der Waals surface area contributed by atoms with Gasteiger partial charge < -0.3 is 14.7 Å². The second-order valence-electron chi connectivity index (χ2n) is 8.61. The van der Waals surface area contributed by atoms with Crippen LogP contribution in [0.1, 0.15) is 34.0 Å². The molecule has 5 nitrogen and oxygen atoms in total. The highest BCUT2D eigenvalue weighted by molar-refractivity contribution is 6.31. The summed E-state index contributed by atoms with van der Waals surface area (Å²) in [6.45, 7) is 1.04. The molecule has 0 saturated carbocycles. The lowest BCUT2D eigenvalue weighted by Gasteiger charge is -2.24. The van der Waals surface area contributed by atoms with E-state index in [0.29, 0.717) is 18.6 Å². The molecule has 0 aromatic heterocycles. The highest BCUT2D eigenvalue weighted by Gasteiger charge is 2.35. The van der Waals surface area contributed by atoms with Crippen LogP contribution in [0, 0.1) is 11.6 Å². The third kappa shape index (κ3) is 5.20. The van der Waals surface area contributed by atoms with Gasteiger partial charge in [0.15, 0.2) is 0 Å². The number of fused-ring (bicyclic) bond motifs is 1. The maximum absolute atomic E-state index is 14.3. The van der Waals surface area contributed by atoms with Crippen LogP contribution in [-0.4, -0.2) is 34.0 Å². The van der Waals surface area contributed by atoms with E-state index in [9.17, 15) is 23.5 Å². The zero-order chi connectivity index (χ0) is 24.5. The number of carboxylic acid groups (broad SMARTS) is 1. The van der Waals surface area contributed by atoms with Crippen molar-refractivity contribution in [2.24, 2.45) is 0 Å². The van der Waals surface area contributed by atoms with Crippen molar-refractivity contribution in [2.75, 3.05) is 6.54 Å². The predicted molar refractivity (Wildman–Crippen MR) is 123 cm³/mol. The molecule has 1 heterocycles. The topological polar surface area (TPSA) is 66.8 Å². The van der Waals surface area contributed by atoms with Gasteiger partial charge in [0, 0.05) is 29.0 Å². The van der Waals surface area contributed by atoms with Gasteiger partial charge in [-0.2, -0.15) is 0 Å². The largest absolute Gasteiger partial charge is 0.487 e. The zero-order valence-electron chi connectivity index (χ0n) is 18.4. The minimum Gasteiger partial charge on any atom is -0.487 e. The quantitative estimate of drug-likeness (QED) is 0.494. The zero-order valence-corrected chi connectivity index (χ0v) is 19.1. The van der Waals surface area contributed by atoms with Gasteiger partial charge in [-0.1, -0.05) is 29.8 Å². The minimum absolute atomic E-state index is 0.0510. The van der Waals surface area contributed by atoms with Crippen molar-refractivity contribution in [3.63, 3.8) is 0 Å². The molecule has 1 aliphatic heterocycles. The number of ether oxygens (including phenoxy) is 1. The lowest BCUT2D eigenvalue weighted by atomic mass is 9.91. The summed E-state index contributed by atoms with van der Waals surface area (Å²) in [7, 11) is 0. The molecular weight excluding hydrogens is 464 g/mol. The van der Waals surface area contributed by atoms with Crippen LogP contribution in [0.5, 0.6) is 5.75 Å². The second-order valence-corrected chi connectivity index (χ2v) is 9.02. The van der Waals surface area contributed by atoms with E-state index in [2.05, 4.69) is 0 Å². The van der Waals surface area contributed by atoms with E-state index in [1.807, 2.05) is 6.92 Å². The molecular formula is C26H22ClF2NO4. The molecule has 1 atom stereocenters. The normalized spacial score (nSPS) is 16.6. The lowest BCUT2D eigenvalue weighted by Crippen LogP contribution is -2.35. The summed E-state index contributed by atoms with van der Waals surface area (Å²) in [5, 5.41) is 9.43. The van der Waals surface area contributed by atoms with Crippen molar-refractivity contribution in [1.82, 2.24) is 4.90 Å². The summed E-state index contributed by atoms with van der Waals surface area (Å²) in [6.07, 6.45) is 1.06. The van der Waals surface area contributed by atoms with E-state index in [1.54, 1.807) is 30.3 Å². The van der Waals surface area contributed by atoms with Crippen molar-refractivity contribution < 1.29 is 28.2 Å². The fraction of sp³-hybridized carbons (Fsp3) is 0.231. The Hall–Kier alpha value is -3.45. The van der Waals surface area contributed by atoms with Crippen molar-refractivity contribution >= 4 is 23.5 Å². The third-order valence-corrected chi connectivity index (χ3v) is 6.10. The monoisotopic (exact) mass is 485 g/mol. The first-order valence-electron chi connectivity index (χ1n) is 10.6. The highest BCUT2D eigenvalue weighted by atomic mass is 35.5. The van der Waals surface area contributed by atoms with E-state index in [1.165, 1.54) is 30.3 Å². The number of aliphatic carboxylic acids is 1. The van der Waals surface area contributed by atoms with Gasteiger partial charge in [-0.25, -0.2) is 8.78 Å². The van der Waals surface area contributed by atoms with Crippen LogP contribution >= 0.6 is 11.6 Å². The Labute approximate surface area is 200 Å². The molecule has 3 aromatic rings. The van der Waals surface area contributed by atoms with Crippen LogP contribution in [0.2, 0.25) is 5.02 Å². The number of hydrogen-bond acceptors (Lipinski definition) is 3. The Morgan fingerprint density at radius 1 is 1.12 bits per heavy atom. The first-order chi connectivity index (χ1) is 16.1. The molecule has 0 bridgehead atoms. The van der Waals surface area contributed by atoms with Gasteiger partial charge in [0.05, 0.1) is 6.54 Å². The van der Waals surface area contributed by atoms with Crippen molar-refractivity contribution in [3.05, 3.63) is 99.6 Å². The second kappa shape index (κ2) is 9.43. The molecule has 1 amide bonds. The molecule has 0 spiro atoms. The van der Waals surface area contributed by atoms with Gasteiger partial charge in [-0.3, -0.25) is 9.59 Å². The number of carbonyl (C=O) groups excluding carboxylic acids is 1. The minimum atomic E-state index is -1.22. The molecule has 1 N–H and O–H groups in total. The number of halogens is 3. The first-order valence-corrected chi connectivity index (χ1v) is 11.0. The number of amides is 1. The molecule has 0 radical (unpaired) electrons.